The molecule has 160 valence electrons. The molecule has 0 aliphatic rings. The van der Waals surface area contributed by atoms with Crippen LogP contribution < -0.4 is 11.2 Å². The predicted molar refractivity (Wildman–Crippen MR) is 125 cm³/mol. The zero-order chi connectivity index (χ0) is 22.7. The minimum atomic E-state index is -0.560. The Morgan fingerprint density at radius 1 is 0.875 bits per heavy atom. The summed E-state index contributed by atoms with van der Waals surface area (Å²) in [6.07, 6.45) is 7.20. The molecule has 7 nitrogen and oxygen atoms in total. The lowest BCUT2D eigenvalue weighted by atomic mass is 10.2. The fraction of sp³-hybridized carbons (Fsp3) is 0.120. The molecule has 0 aliphatic heterocycles. The molecular formula is C25H22N4O3. The van der Waals surface area contributed by atoms with Crippen LogP contribution in [0.2, 0.25) is 0 Å². The van der Waals surface area contributed by atoms with Gasteiger partial charge in [0.25, 0.3) is 11.5 Å². The van der Waals surface area contributed by atoms with Gasteiger partial charge in [0, 0.05) is 26.6 Å². The second kappa shape index (κ2) is 8.85. The highest BCUT2D eigenvalue weighted by molar-refractivity contribution is 5.99. The minimum absolute atomic E-state index is 0.0837. The first-order valence-corrected chi connectivity index (χ1v) is 10.1. The van der Waals surface area contributed by atoms with E-state index < -0.39 is 17.2 Å². The van der Waals surface area contributed by atoms with Crippen molar-refractivity contribution >= 4 is 29.2 Å². The highest BCUT2D eigenvalue weighted by Crippen LogP contribution is 2.14. The standard InChI is InChI=1S/C25H22N4O3/c1-27-23-22(24(31)28(2)25(27)32)29(21(30)17-16-19-12-7-4-8-13-19)20(26-23)15-9-14-18-10-5-3-6-11-18/h3-14,16-17H,15H2,1-2H3. The Morgan fingerprint density at radius 2 is 1.47 bits per heavy atom. The molecule has 0 saturated carbocycles. The number of carbonyl (C=O) groups is 1. The normalized spacial score (nSPS) is 11.7. The summed E-state index contributed by atoms with van der Waals surface area (Å²) in [6, 6.07) is 19.1. The van der Waals surface area contributed by atoms with Crippen LogP contribution in [-0.4, -0.2) is 24.6 Å². The lowest BCUT2D eigenvalue weighted by Crippen LogP contribution is -2.38. The van der Waals surface area contributed by atoms with Crippen LogP contribution >= 0.6 is 0 Å². The van der Waals surface area contributed by atoms with Gasteiger partial charge in [-0.2, -0.15) is 0 Å². The lowest BCUT2D eigenvalue weighted by Gasteiger charge is -2.05. The fourth-order valence-corrected chi connectivity index (χ4v) is 3.49. The molecule has 0 bridgehead atoms. The smallest absolute Gasteiger partial charge is 0.279 e. The number of fused-ring (bicyclic) bond motifs is 1. The number of nitrogens with zero attached hydrogens (tertiary/aromatic N) is 4. The maximum Gasteiger partial charge on any atom is 0.332 e. The number of carbonyl (C=O) groups excluding carboxylic acids is 1. The zero-order valence-corrected chi connectivity index (χ0v) is 17.8. The monoisotopic (exact) mass is 426 g/mol. The van der Waals surface area contributed by atoms with E-state index in [9.17, 15) is 14.4 Å². The summed E-state index contributed by atoms with van der Waals surface area (Å²) in [5, 5.41) is 0. The summed E-state index contributed by atoms with van der Waals surface area (Å²) in [7, 11) is 2.93. The molecule has 0 unspecified atom stereocenters. The molecule has 4 aromatic rings. The van der Waals surface area contributed by atoms with Gasteiger partial charge in [-0.25, -0.2) is 9.78 Å². The zero-order valence-electron chi connectivity index (χ0n) is 17.8. The van der Waals surface area contributed by atoms with Gasteiger partial charge < -0.3 is 0 Å². The van der Waals surface area contributed by atoms with Crippen LogP contribution in [0.1, 0.15) is 21.7 Å². The molecule has 7 heteroatoms. The van der Waals surface area contributed by atoms with Gasteiger partial charge in [0.1, 0.15) is 5.82 Å². The molecule has 2 aromatic heterocycles. The summed E-state index contributed by atoms with van der Waals surface area (Å²) in [6.45, 7) is 0. The van der Waals surface area contributed by atoms with Crippen LogP contribution in [0.15, 0.2) is 82.4 Å². The molecule has 0 atom stereocenters. The quantitative estimate of drug-likeness (QED) is 0.460. The van der Waals surface area contributed by atoms with Crippen LogP contribution in [0.25, 0.3) is 23.3 Å². The summed E-state index contributed by atoms with van der Waals surface area (Å²) in [5.74, 6) is -0.0246. The number of allylic oxidation sites excluding steroid dienone is 2. The molecule has 4 rings (SSSR count). The van der Waals surface area contributed by atoms with Crippen molar-refractivity contribution in [3.8, 4) is 0 Å². The predicted octanol–water partition coefficient (Wildman–Crippen LogP) is 3.04. The van der Waals surface area contributed by atoms with E-state index in [1.54, 1.807) is 6.08 Å². The van der Waals surface area contributed by atoms with E-state index in [0.717, 1.165) is 15.7 Å². The Bertz CT molecular complexity index is 1460. The van der Waals surface area contributed by atoms with Gasteiger partial charge in [-0.1, -0.05) is 72.8 Å². The summed E-state index contributed by atoms with van der Waals surface area (Å²) in [4.78, 5) is 42.9. The Hall–Kier alpha value is -4.26. The van der Waals surface area contributed by atoms with Crippen molar-refractivity contribution in [3.63, 3.8) is 0 Å². The molecule has 32 heavy (non-hydrogen) atoms. The van der Waals surface area contributed by atoms with Gasteiger partial charge in [0.15, 0.2) is 11.2 Å². The maximum absolute atomic E-state index is 13.2. The first-order valence-electron chi connectivity index (χ1n) is 10.1. The van der Waals surface area contributed by atoms with E-state index in [-0.39, 0.29) is 11.2 Å². The van der Waals surface area contributed by atoms with Crippen molar-refractivity contribution in [2.24, 2.45) is 14.1 Å². The van der Waals surface area contributed by atoms with Crippen LogP contribution in [0.4, 0.5) is 0 Å². The SMILES string of the molecule is Cn1c(=O)c2c(nc(CC=Cc3ccccc3)n2C(=O)C=Cc2ccccc2)n(C)c1=O. The average molecular weight is 426 g/mol. The molecule has 0 aliphatic carbocycles. The van der Waals surface area contributed by atoms with Crippen LogP contribution in [0.5, 0.6) is 0 Å². The van der Waals surface area contributed by atoms with Crippen LogP contribution in [-0.2, 0) is 20.5 Å². The number of benzene rings is 2. The third-order valence-corrected chi connectivity index (χ3v) is 5.18. The number of aromatic nitrogens is 4. The second-order valence-corrected chi connectivity index (χ2v) is 7.34. The van der Waals surface area contributed by atoms with Gasteiger partial charge in [0.2, 0.25) is 0 Å². The van der Waals surface area contributed by atoms with Gasteiger partial charge in [-0.3, -0.25) is 23.3 Å². The van der Waals surface area contributed by atoms with E-state index >= 15 is 0 Å². The average Bonchev–Trinajstić information content (AvgIpc) is 3.21. The van der Waals surface area contributed by atoms with Gasteiger partial charge in [-0.15, -0.1) is 0 Å². The van der Waals surface area contributed by atoms with Gasteiger partial charge in [0.05, 0.1) is 0 Å². The maximum atomic E-state index is 13.2. The number of rotatable bonds is 5. The molecule has 0 fully saturated rings. The van der Waals surface area contributed by atoms with Crippen molar-refractivity contribution in [2.45, 2.75) is 6.42 Å². The molecule has 0 amide bonds. The molecule has 0 radical (unpaired) electrons. The summed E-state index contributed by atoms with van der Waals surface area (Å²) < 4.78 is 3.57. The number of imidazole rings is 1. The van der Waals surface area contributed by atoms with Gasteiger partial charge >= 0.3 is 5.69 Å². The van der Waals surface area contributed by atoms with E-state index in [1.807, 2.05) is 72.8 Å². The highest BCUT2D eigenvalue weighted by Gasteiger charge is 2.21. The van der Waals surface area contributed by atoms with Crippen LogP contribution in [0.3, 0.4) is 0 Å². The highest BCUT2D eigenvalue weighted by atomic mass is 16.2. The molecule has 2 aromatic carbocycles. The van der Waals surface area contributed by atoms with Crippen molar-refractivity contribution in [1.29, 1.82) is 0 Å². The molecule has 0 spiro atoms. The Kier molecular flexibility index (Phi) is 5.81. The van der Waals surface area contributed by atoms with Crippen molar-refractivity contribution in [2.75, 3.05) is 0 Å². The third kappa shape index (κ3) is 4.00. The lowest BCUT2D eigenvalue weighted by molar-refractivity contribution is 0.0971. The van der Waals surface area contributed by atoms with E-state index in [2.05, 4.69) is 4.98 Å². The van der Waals surface area contributed by atoms with E-state index in [1.165, 1.54) is 29.3 Å². The van der Waals surface area contributed by atoms with E-state index in [4.69, 9.17) is 0 Å². The summed E-state index contributed by atoms with van der Waals surface area (Å²) in [5.41, 5.74) is 1.08. The third-order valence-electron chi connectivity index (χ3n) is 5.18. The van der Waals surface area contributed by atoms with Gasteiger partial charge in [-0.05, 0) is 17.2 Å². The van der Waals surface area contributed by atoms with Crippen molar-refractivity contribution in [3.05, 3.63) is 111 Å². The van der Waals surface area contributed by atoms with E-state index in [0.29, 0.717) is 12.2 Å². The first-order chi connectivity index (χ1) is 15.5. The molecule has 2 heterocycles. The minimum Gasteiger partial charge on any atom is -0.279 e. The molecule has 0 saturated heterocycles. The number of hydrogen-bond acceptors (Lipinski definition) is 4. The second-order valence-electron chi connectivity index (χ2n) is 7.34. The number of hydrogen-bond donors (Lipinski definition) is 0. The topological polar surface area (TPSA) is 78.9 Å². The number of aryl methyl sites for hydroxylation is 1. The van der Waals surface area contributed by atoms with Crippen molar-refractivity contribution in [1.82, 2.24) is 18.7 Å². The summed E-state index contributed by atoms with van der Waals surface area (Å²) >= 11 is 0. The first kappa shape index (κ1) is 21.0. The largest absolute Gasteiger partial charge is 0.332 e. The molecule has 0 N–H and O–H groups in total. The Morgan fingerprint density at radius 3 is 2.09 bits per heavy atom. The van der Waals surface area contributed by atoms with Crippen molar-refractivity contribution < 1.29 is 4.79 Å². The fourth-order valence-electron chi connectivity index (χ4n) is 3.49. The van der Waals surface area contributed by atoms with Crippen LogP contribution in [0, 0.1) is 0 Å². The molecular weight excluding hydrogens is 404 g/mol. The Balaban J connectivity index is 1.82. The Labute approximate surface area is 184 Å².